The first-order valence-corrected chi connectivity index (χ1v) is 7.96. The van der Waals surface area contributed by atoms with Gasteiger partial charge in [0.2, 0.25) is 11.8 Å². The molecule has 0 radical (unpaired) electrons. The van der Waals surface area contributed by atoms with Crippen LogP contribution in [0.25, 0.3) is 0 Å². The van der Waals surface area contributed by atoms with Gasteiger partial charge in [0.25, 0.3) is 5.22 Å². The third-order valence-electron chi connectivity index (χ3n) is 3.51. The molecule has 1 heterocycles. The van der Waals surface area contributed by atoms with Crippen molar-refractivity contribution in [3.05, 3.63) is 5.89 Å². The van der Waals surface area contributed by atoms with Crippen LogP contribution in [0, 0.1) is 5.92 Å². The van der Waals surface area contributed by atoms with Crippen LogP contribution < -0.4 is 5.73 Å². The molecule has 19 heavy (non-hydrogen) atoms. The Balaban J connectivity index is 1.69. The molecule has 1 aromatic heterocycles. The minimum Gasteiger partial charge on any atom is -0.416 e. The maximum atomic E-state index is 10.6. The summed E-state index contributed by atoms with van der Waals surface area (Å²) in [6.07, 6.45) is 9.15. The molecule has 0 unspecified atom stereocenters. The lowest BCUT2D eigenvalue weighted by Gasteiger charge is -2.20. The summed E-state index contributed by atoms with van der Waals surface area (Å²) in [5.41, 5.74) is 5.07. The summed E-state index contributed by atoms with van der Waals surface area (Å²) in [6, 6.07) is 0. The Kier molecular flexibility index (Phi) is 5.69. The Morgan fingerprint density at radius 1 is 1.32 bits per heavy atom. The molecule has 0 aromatic carbocycles. The monoisotopic (exact) mass is 283 g/mol. The van der Waals surface area contributed by atoms with Crippen molar-refractivity contribution in [1.29, 1.82) is 0 Å². The summed E-state index contributed by atoms with van der Waals surface area (Å²) in [4.78, 5) is 10.6. The van der Waals surface area contributed by atoms with Crippen molar-refractivity contribution in [1.82, 2.24) is 10.2 Å². The van der Waals surface area contributed by atoms with Gasteiger partial charge in [0, 0.05) is 18.6 Å². The molecule has 2 N–H and O–H groups in total. The van der Waals surface area contributed by atoms with Crippen molar-refractivity contribution >= 4 is 17.7 Å². The number of nitrogens with two attached hydrogens (primary N) is 1. The number of hydrogen-bond acceptors (Lipinski definition) is 5. The van der Waals surface area contributed by atoms with E-state index in [1.54, 1.807) is 0 Å². The van der Waals surface area contributed by atoms with Crippen molar-refractivity contribution in [2.24, 2.45) is 11.7 Å². The van der Waals surface area contributed by atoms with Crippen molar-refractivity contribution in [3.8, 4) is 0 Å². The summed E-state index contributed by atoms with van der Waals surface area (Å²) in [5.74, 6) is 1.84. The van der Waals surface area contributed by atoms with Crippen LogP contribution in [0.5, 0.6) is 0 Å². The molecule has 0 aliphatic heterocycles. The number of primary amides is 1. The van der Waals surface area contributed by atoms with E-state index in [1.807, 2.05) is 0 Å². The van der Waals surface area contributed by atoms with Crippen LogP contribution in [0.15, 0.2) is 9.64 Å². The Bertz CT molecular complexity index is 402. The molecular formula is C13H21N3O2S. The predicted molar refractivity (Wildman–Crippen MR) is 73.7 cm³/mol. The maximum Gasteiger partial charge on any atom is 0.276 e. The second-order valence-corrected chi connectivity index (χ2v) is 6.12. The second-order valence-electron chi connectivity index (χ2n) is 5.07. The maximum absolute atomic E-state index is 10.6. The van der Waals surface area contributed by atoms with Crippen molar-refractivity contribution in [2.45, 2.75) is 56.6 Å². The number of aryl methyl sites for hydroxylation is 1. The van der Waals surface area contributed by atoms with E-state index in [4.69, 9.17) is 10.2 Å². The van der Waals surface area contributed by atoms with E-state index in [1.165, 1.54) is 43.9 Å². The second kappa shape index (κ2) is 7.53. The van der Waals surface area contributed by atoms with E-state index >= 15 is 0 Å². The molecule has 0 saturated heterocycles. The van der Waals surface area contributed by atoms with Gasteiger partial charge >= 0.3 is 0 Å². The van der Waals surface area contributed by atoms with E-state index in [9.17, 15) is 4.79 Å². The van der Waals surface area contributed by atoms with Crippen molar-refractivity contribution < 1.29 is 9.21 Å². The van der Waals surface area contributed by atoms with Crippen molar-refractivity contribution in [2.75, 3.05) is 5.75 Å². The summed E-state index contributed by atoms with van der Waals surface area (Å²) in [6.45, 7) is 0. The molecule has 1 aromatic rings. The van der Waals surface area contributed by atoms with Crippen LogP contribution in [-0.2, 0) is 11.2 Å². The van der Waals surface area contributed by atoms with Gasteiger partial charge in [-0.2, -0.15) is 0 Å². The first kappa shape index (κ1) is 14.4. The molecule has 5 nitrogen and oxygen atoms in total. The largest absolute Gasteiger partial charge is 0.416 e. The predicted octanol–water partition coefficient (Wildman–Crippen LogP) is 2.55. The van der Waals surface area contributed by atoms with E-state index in [2.05, 4.69) is 10.2 Å². The van der Waals surface area contributed by atoms with Gasteiger partial charge in [-0.15, -0.1) is 10.2 Å². The first-order valence-electron chi connectivity index (χ1n) is 6.97. The smallest absolute Gasteiger partial charge is 0.276 e. The van der Waals surface area contributed by atoms with Crippen LogP contribution in [0.4, 0.5) is 0 Å². The third-order valence-corrected chi connectivity index (χ3v) is 4.33. The van der Waals surface area contributed by atoms with E-state index in [0.717, 1.165) is 18.8 Å². The van der Waals surface area contributed by atoms with Crippen LogP contribution in [0.3, 0.4) is 0 Å². The van der Waals surface area contributed by atoms with Crippen molar-refractivity contribution in [3.63, 3.8) is 0 Å². The Labute approximate surface area is 117 Å². The van der Waals surface area contributed by atoms with E-state index in [-0.39, 0.29) is 5.91 Å². The molecule has 2 rings (SSSR count). The van der Waals surface area contributed by atoms with Crippen LogP contribution in [0.2, 0.25) is 0 Å². The fraction of sp³-hybridized carbons (Fsp3) is 0.769. The molecule has 1 amide bonds. The average Bonchev–Trinajstić information content (AvgIpc) is 2.85. The quantitative estimate of drug-likeness (QED) is 0.778. The highest BCUT2D eigenvalue weighted by atomic mass is 32.2. The number of aromatic nitrogens is 2. The lowest BCUT2D eigenvalue weighted by molar-refractivity contribution is -0.117. The fourth-order valence-corrected chi connectivity index (χ4v) is 3.17. The zero-order valence-electron chi connectivity index (χ0n) is 11.1. The fourth-order valence-electron chi connectivity index (χ4n) is 2.44. The van der Waals surface area contributed by atoms with Crippen LogP contribution in [0.1, 0.15) is 50.8 Å². The molecule has 0 bridgehead atoms. The molecule has 106 valence electrons. The Morgan fingerprint density at radius 2 is 2.11 bits per heavy atom. The molecule has 1 fully saturated rings. The highest BCUT2D eigenvalue weighted by Crippen LogP contribution is 2.27. The van der Waals surface area contributed by atoms with Gasteiger partial charge in [-0.1, -0.05) is 43.9 Å². The molecule has 1 saturated carbocycles. The molecule has 1 aliphatic carbocycles. The molecule has 1 aliphatic rings. The van der Waals surface area contributed by atoms with Gasteiger partial charge in [-0.25, -0.2) is 0 Å². The van der Waals surface area contributed by atoms with Gasteiger partial charge in [-0.3, -0.25) is 4.79 Å². The van der Waals surface area contributed by atoms with Gasteiger partial charge < -0.3 is 10.2 Å². The van der Waals surface area contributed by atoms with Gasteiger partial charge in [0.15, 0.2) is 0 Å². The molecule has 0 spiro atoms. The molecule has 0 atom stereocenters. The summed E-state index contributed by atoms with van der Waals surface area (Å²) in [7, 11) is 0. The SMILES string of the molecule is NC(=O)CCSc1nnc(CCC2CCCCC2)o1. The lowest BCUT2D eigenvalue weighted by Crippen LogP contribution is -2.10. The zero-order chi connectivity index (χ0) is 13.5. The van der Waals surface area contributed by atoms with Gasteiger partial charge in [0.1, 0.15) is 0 Å². The minimum atomic E-state index is -0.301. The standard InChI is InChI=1S/C13H21N3O2S/c14-11(17)8-9-19-13-16-15-12(18-13)7-6-10-4-2-1-3-5-10/h10H,1-9H2,(H2,14,17). The Morgan fingerprint density at radius 3 is 2.84 bits per heavy atom. The van der Waals surface area contributed by atoms with Gasteiger partial charge in [-0.05, 0) is 12.3 Å². The Hall–Kier alpha value is -1.04. The first-order chi connectivity index (χ1) is 9.24. The zero-order valence-corrected chi connectivity index (χ0v) is 12.0. The average molecular weight is 283 g/mol. The number of carbonyl (C=O) groups is 1. The highest BCUT2D eigenvalue weighted by Gasteiger charge is 2.15. The van der Waals surface area contributed by atoms with Crippen LogP contribution in [-0.4, -0.2) is 21.9 Å². The van der Waals surface area contributed by atoms with Crippen LogP contribution >= 0.6 is 11.8 Å². The number of thioether (sulfide) groups is 1. The lowest BCUT2D eigenvalue weighted by atomic mass is 9.86. The number of rotatable bonds is 7. The summed E-state index contributed by atoms with van der Waals surface area (Å²) in [5, 5.41) is 8.56. The molecular weight excluding hydrogens is 262 g/mol. The normalized spacial score (nSPS) is 16.6. The topological polar surface area (TPSA) is 82.0 Å². The third kappa shape index (κ3) is 5.22. The number of nitrogens with zero attached hydrogens (tertiary/aromatic N) is 2. The highest BCUT2D eigenvalue weighted by molar-refractivity contribution is 7.99. The van der Waals surface area contributed by atoms with E-state index in [0.29, 0.717) is 23.3 Å². The minimum absolute atomic E-state index is 0.301. The number of carbonyl (C=O) groups excluding carboxylic acids is 1. The summed E-state index contributed by atoms with van der Waals surface area (Å²) >= 11 is 1.39. The van der Waals surface area contributed by atoms with Gasteiger partial charge in [0.05, 0.1) is 0 Å². The molecule has 6 heteroatoms. The summed E-state index contributed by atoms with van der Waals surface area (Å²) < 4.78 is 5.55. The number of amides is 1. The number of hydrogen-bond donors (Lipinski definition) is 1. The van der Waals surface area contributed by atoms with E-state index < -0.39 is 0 Å².